The van der Waals surface area contributed by atoms with Gasteiger partial charge in [0.05, 0.1) is 5.69 Å². The molecule has 2 rings (SSSR count). The second-order valence-corrected chi connectivity index (χ2v) is 5.98. The van der Waals surface area contributed by atoms with Crippen LogP contribution in [-0.2, 0) is 16.1 Å². The quantitative estimate of drug-likeness (QED) is 0.875. The van der Waals surface area contributed by atoms with Crippen molar-refractivity contribution in [3.63, 3.8) is 0 Å². The Labute approximate surface area is 123 Å². The zero-order valence-corrected chi connectivity index (χ0v) is 12.9. The van der Waals surface area contributed by atoms with Gasteiger partial charge >= 0.3 is 5.97 Å². The molecule has 1 aliphatic heterocycles. The van der Waals surface area contributed by atoms with E-state index in [1.54, 1.807) is 11.3 Å². The van der Waals surface area contributed by atoms with Crippen molar-refractivity contribution in [3.05, 3.63) is 16.1 Å². The first-order valence-electron chi connectivity index (χ1n) is 7.14. The summed E-state index contributed by atoms with van der Waals surface area (Å²) in [6.07, 6.45) is 2.81. The van der Waals surface area contributed by atoms with Gasteiger partial charge in [0.1, 0.15) is 17.2 Å². The van der Waals surface area contributed by atoms with Gasteiger partial charge in [0.15, 0.2) is 0 Å². The maximum Gasteiger partial charge on any atom is 0.320 e. The number of rotatable bonds is 6. The lowest BCUT2D eigenvalue weighted by Crippen LogP contribution is -2.44. The number of likely N-dealkylation sites (tertiary alicyclic amines) is 1. The largest absolute Gasteiger partial charge is 0.480 e. The van der Waals surface area contributed by atoms with Crippen LogP contribution in [0.15, 0.2) is 5.38 Å². The van der Waals surface area contributed by atoms with E-state index in [1.807, 2.05) is 24.1 Å². The number of ether oxygens (including phenoxy) is 1. The minimum absolute atomic E-state index is 0.00961. The molecule has 2 unspecified atom stereocenters. The van der Waals surface area contributed by atoms with E-state index in [1.165, 1.54) is 0 Å². The Balaban J connectivity index is 2.00. The standard InChI is InChI=1S/C14H22N2O3S/c1-3-19-10(2)13-15-11(9-20-13)8-16-7-5-4-6-12(16)14(17)18/h9-10,12H,3-8H2,1-2H3,(H,17,18). The van der Waals surface area contributed by atoms with Crippen molar-refractivity contribution in [1.29, 1.82) is 0 Å². The number of aliphatic carboxylic acids is 1. The first-order valence-corrected chi connectivity index (χ1v) is 8.02. The van der Waals surface area contributed by atoms with Crippen LogP contribution in [0.3, 0.4) is 0 Å². The summed E-state index contributed by atoms with van der Waals surface area (Å²) in [7, 11) is 0. The number of hydrogen-bond acceptors (Lipinski definition) is 5. The van der Waals surface area contributed by atoms with E-state index in [-0.39, 0.29) is 12.1 Å². The maximum absolute atomic E-state index is 11.3. The first kappa shape index (κ1) is 15.4. The van der Waals surface area contributed by atoms with Crippen LogP contribution in [-0.4, -0.2) is 40.2 Å². The highest BCUT2D eigenvalue weighted by Crippen LogP contribution is 2.24. The molecular formula is C14H22N2O3S. The minimum Gasteiger partial charge on any atom is -0.480 e. The Morgan fingerprint density at radius 2 is 2.45 bits per heavy atom. The van der Waals surface area contributed by atoms with Gasteiger partial charge in [-0.1, -0.05) is 6.42 Å². The maximum atomic E-state index is 11.3. The summed E-state index contributed by atoms with van der Waals surface area (Å²) < 4.78 is 5.53. The second kappa shape index (κ2) is 7.15. The first-order chi connectivity index (χ1) is 9.61. The topological polar surface area (TPSA) is 62.7 Å². The summed E-state index contributed by atoms with van der Waals surface area (Å²) in [5.41, 5.74) is 0.949. The monoisotopic (exact) mass is 298 g/mol. The van der Waals surface area contributed by atoms with Gasteiger partial charge in [-0.15, -0.1) is 11.3 Å². The van der Waals surface area contributed by atoms with Gasteiger partial charge in [-0.2, -0.15) is 0 Å². The van der Waals surface area contributed by atoms with E-state index in [0.29, 0.717) is 13.2 Å². The van der Waals surface area contributed by atoms with Crippen molar-refractivity contribution < 1.29 is 14.6 Å². The smallest absolute Gasteiger partial charge is 0.320 e. The number of thiazole rings is 1. The summed E-state index contributed by atoms with van der Waals surface area (Å²) in [4.78, 5) is 17.9. The molecule has 1 N–H and O–H groups in total. The number of carboxylic acids is 1. The number of nitrogens with zero attached hydrogens (tertiary/aromatic N) is 2. The van der Waals surface area contributed by atoms with Crippen molar-refractivity contribution in [2.75, 3.05) is 13.2 Å². The molecule has 1 aliphatic rings. The molecule has 20 heavy (non-hydrogen) atoms. The predicted molar refractivity (Wildman–Crippen MR) is 77.8 cm³/mol. The summed E-state index contributed by atoms with van der Waals surface area (Å²) in [6.45, 7) is 6.09. The van der Waals surface area contributed by atoms with Crippen LogP contribution in [0.5, 0.6) is 0 Å². The van der Waals surface area contributed by atoms with E-state index >= 15 is 0 Å². The van der Waals surface area contributed by atoms with Crippen molar-refractivity contribution >= 4 is 17.3 Å². The van der Waals surface area contributed by atoms with Gasteiger partial charge in [0, 0.05) is 18.5 Å². The van der Waals surface area contributed by atoms with Gasteiger partial charge in [0.25, 0.3) is 0 Å². The Morgan fingerprint density at radius 1 is 1.65 bits per heavy atom. The third-order valence-corrected chi connectivity index (χ3v) is 4.65. The highest BCUT2D eigenvalue weighted by atomic mass is 32.1. The molecular weight excluding hydrogens is 276 g/mol. The molecule has 0 amide bonds. The molecule has 1 fully saturated rings. The fourth-order valence-corrected chi connectivity index (χ4v) is 3.38. The van der Waals surface area contributed by atoms with Crippen LogP contribution < -0.4 is 0 Å². The lowest BCUT2D eigenvalue weighted by Gasteiger charge is -2.32. The lowest BCUT2D eigenvalue weighted by molar-refractivity contribution is -0.144. The van der Waals surface area contributed by atoms with Crippen LogP contribution >= 0.6 is 11.3 Å². The van der Waals surface area contributed by atoms with Crippen LogP contribution in [0.1, 0.15) is 49.9 Å². The molecule has 0 saturated carbocycles. The summed E-state index contributed by atoms with van der Waals surface area (Å²) in [5, 5.41) is 12.2. The number of carboxylic acid groups (broad SMARTS) is 1. The van der Waals surface area contributed by atoms with Crippen molar-refractivity contribution in [2.45, 2.75) is 51.8 Å². The minimum atomic E-state index is -0.720. The van der Waals surface area contributed by atoms with Gasteiger partial charge < -0.3 is 9.84 Å². The molecule has 0 radical (unpaired) electrons. The number of hydrogen-bond donors (Lipinski definition) is 1. The third kappa shape index (κ3) is 3.77. The summed E-state index contributed by atoms with van der Waals surface area (Å²) in [5.74, 6) is -0.720. The van der Waals surface area contributed by atoms with E-state index < -0.39 is 5.97 Å². The molecule has 0 bridgehead atoms. The molecule has 6 heteroatoms. The summed E-state index contributed by atoms with van der Waals surface area (Å²) in [6, 6.07) is -0.363. The van der Waals surface area contributed by atoms with Gasteiger partial charge in [-0.05, 0) is 33.2 Å². The van der Waals surface area contributed by atoms with Crippen LogP contribution in [0.25, 0.3) is 0 Å². The van der Waals surface area contributed by atoms with Gasteiger partial charge in [-0.3, -0.25) is 9.69 Å². The molecule has 5 nitrogen and oxygen atoms in total. The predicted octanol–water partition coefficient (Wildman–Crippen LogP) is 2.68. The zero-order chi connectivity index (χ0) is 14.5. The molecule has 1 aromatic heterocycles. The molecule has 2 heterocycles. The zero-order valence-electron chi connectivity index (χ0n) is 12.0. The van der Waals surface area contributed by atoms with E-state index in [4.69, 9.17) is 4.74 Å². The Bertz CT molecular complexity index is 449. The highest BCUT2D eigenvalue weighted by Gasteiger charge is 2.28. The molecule has 0 aromatic carbocycles. The van der Waals surface area contributed by atoms with Gasteiger partial charge in [-0.25, -0.2) is 4.98 Å². The van der Waals surface area contributed by atoms with E-state index in [9.17, 15) is 9.90 Å². The number of carbonyl (C=O) groups is 1. The normalized spacial score (nSPS) is 21.8. The van der Waals surface area contributed by atoms with Crippen molar-refractivity contribution in [2.24, 2.45) is 0 Å². The molecule has 0 aliphatic carbocycles. The van der Waals surface area contributed by atoms with Crippen LogP contribution in [0.4, 0.5) is 0 Å². The second-order valence-electron chi connectivity index (χ2n) is 5.09. The summed E-state index contributed by atoms with van der Waals surface area (Å²) >= 11 is 1.59. The molecule has 1 saturated heterocycles. The molecule has 2 atom stereocenters. The van der Waals surface area contributed by atoms with Crippen molar-refractivity contribution in [3.8, 4) is 0 Å². The van der Waals surface area contributed by atoms with Crippen LogP contribution in [0.2, 0.25) is 0 Å². The fourth-order valence-electron chi connectivity index (χ4n) is 2.57. The van der Waals surface area contributed by atoms with Gasteiger partial charge in [0.2, 0.25) is 0 Å². The SMILES string of the molecule is CCOC(C)c1nc(CN2CCCCC2C(=O)O)cs1. The van der Waals surface area contributed by atoms with E-state index in [0.717, 1.165) is 36.5 Å². The lowest BCUT2D eigenvalue weighted by atomic mass is 10.0. The molecule has 1 aromatic rings. The molecule has 0 spiro atoms. The average Bonchev–Trinajstić information content (AvgIpc) is 2.88. The van der Waals surface area contributed by atoms with Crippen molar-refractivity contribution in [1.82, 2.24) is 9.88 Å². The van der Waals surface area contributed by atoms with Crippen LogP contribution in [0, 0.1) is 0 Å². The third-order valence-electron chi connectivity index (χ3n) is 3.60. The Kier molecular flexibility index (Phi) is 5.51. The molecule has 112 valence electrons. The fraction of sp³-hybridized carbons (Fsp3) is 0.714. The Morgan fingerprint density at radius 3 is 3.15 bits per heavy atom. The highest BCUT2D eigenvalue weighted by molar-refractivity contribution is 7.09. The average molecular weight is 298 g/mol. The Hall–Kier alpha value is -0.980. The number of piperidine rings is 1. The van der Waals surface area contributed by atoms with E-state index in [2.05, 4.69) is 4.98 Å². The number of aromatic nitrogens is 1.